The summed E-state index contributed by atoms with van der Waals surface area (Å²) in [4.78, 5) is 33.3. The van der Waals surface area contributed by atoms with Crippen LogP contribution in [-0.2, 0) is 4.74 Å². The summed E-state index contributed by atoms with van der Waals surface area (Å²) in [5.74, 6) is 1.36. The van der Waals surface area contributed by atoms with Gasteiger partial charge >= 0.3 is 5.97 Å². The molecule has 3 fully saturated rings. The quantitative estimate of drug-likeness (QED) is 0.320. The predicted molar refractivity (Wildman–Crippen MR) is 144 cm³/mol. The Morgan fingerprint density at radius 2 is 1.68 bits per heavy atom. The Morgan fingerprint density at radius 1 is 0.974 bits per heavy atom. The van der Waals surface area contributed by atoms with E-state index in [1.807, 2.05) is 0 Å². The van der Waals surface area contributed by atoms with E-state index in [4.69, 9.17) is 4.74 Å². The van der Waals surface area contributed by atoms with Crippen molar-refractivity contribution in [2.45, 2.75) is 71.3 Å². The van der Waals surface area contributed by atoms with Gasteiger partial charge in [-0.3, -0.25) is 14.8 Å². The lowest BCUT2D eigenvalue weighted by Crippen LogP contribution is -2.50. The van der Waals surface area contributed by atoms with E-state index in [-0.39, 0.29) is 28.8 Å². The summed E-state index contributed by atoms with van der Waals surface area (Å²) >= 11 is 0. The van der Waals surface area contributed by atoms with E-state index < -0.39 is 0 Å². The fourth-order valence-electron chi connectivity index (χ4n) is 8.08. The van der Waals surface area contributed by atoms with E-state index in [1.54, 1.807) is 49.1 Å². The maximum atomic E-state index is 12.6. The molecule has 2 aromatic heterocycles. The van der Waals surface area contributed by atoms with Gasteiger partial charge in [0.2, 0.25) is 0 Å². The van der Waals surface area contributed by atoms with Gasteiger partial charge in [-0.2, -0.15) is 5.10 Å². The minimum absolute atomic E-state index is 0.0293. The van der Waals surface area contributed by atoms with Gasteiger partial charge in [-0.05, 0) is 92.4 Å². The van der Waals surface area contributed by atoms with Crippen molar-refractivity contribution < 1.29 is 14.3 Å². The normalized spacial score (nSPS) is 34.9. The SMILES string of the molecule is C[C@]12CCC(OC(=O)c3cccnc3)CC1=CC[C@@H]1[C@@H]2CC[C@]2(C)/C(=N/NC(=O)c3cccnc3)CC[C@@H]12. The largest absolute Gasteiger partial charge is 0.458 e. The number of amides is 1. The Balaban J connectivity index is 1.15. The molecular weight excluding hydrogens is 476 g/mol. The Kier molecular flexibility index (Phi) is 6.40. The molecule has 0 aromatic carbocycles. The van der Waals surface area contributed by atoms with Gasteiger partial charge in [-0.15, -0.1) is 0 Å². The summed E-state index contributed by atoms with van der Waals surface area (Å²) in [7, 11) is 0. The molecule has 3 saturated carbocycles. The Labute approximate surface area is 224 Å². The minimum Gasteiger partial charge on any atom is -0.458 e. The molecule has 2 heterocycles. The number of esters is 1. The first-order chi connectivity index (χ1) is 18.4. The second-order valence-corrected chi connectivity index (χ2v) is 12.0. The van der Waals surface area contributed by atoms with Crippen LogP contribution in [0.25, 0.3) is 0 Å². The van der Waals surface area contributed by atoms with Crippen molar-refractivity contribution >= 4 is 17.6 Å². The molecule has 1 N–H and O–H groups in total. The molecule has 7 nitrogen and oxygen atoms in total. The number of rotatable bonds is 4. The maximum absolute atomic E-state index is 12.6. The van der Waals surface area contributed by atoms with Gasteiger partial charge in [0.05, 0.1) is 11.1 Å². The van der Waals surface area contributed by atoms with Crippen molar-refractivity contribution in [1.29, 1.82) is 0 Å². The standard InChI is InChI=1S/C31H36N4O3/c1-30-13-11-23(38-29(37)21-6-4-16-33-19-21)17-22(30)7-8-24-25-9-10-27(31(25,2)14-12-26(24)30)34-35-28(36)20-5-3-15-32-18-20/h3-7,15-16,18-19,23-26H,8-14,17H2,1-2H3,(H,35,36)/b34-27+/t23?,24-,25-,26-,30-,31-/m0/s1. The summed E-state index contributed by atoms with van der Waals surface area (Å²) in [6.07, 6.45) is 17.1. The number of fused-ring (bicyclic) bond motifs is 5. The van der Waals surface area contributed by atoms with Gasteiger partial charge in [0, 0.05) is 42.3 Å². The zero-order valence-electron chi connectivity index (χ0n) is 22.2. The van der Waals surface area contributed by atoms with Gasteiger partial charge in [-0.25, -0.2) is 10.2 Å². The molecule has 0 saturated heterocycles. The average molecular weight is 513 g/mol. The van der Waals surface area contributed by atoms with Crippen molar-refractivity contribution in [3.63, 3.8) is 0 Å². The van der Waals surface area contributed by atoms with Gasteiger partial charge in [0.25, 0.3) is 5.91 Å². The van der Waals surface area contributed by atoms with Crippen LogP contribution in [0.1, 0.15) is 85.9 Å². The molecule has 1 amide bonds. The number of hydrazone groups is 1. The first-order valence-corrected chi connectivity index (χ1v) is 14.0. The van der Waals surface area contributed by atoms with Gasteiger partial charge < -0.3 is 4.74 Å². The number of ether oxygens (including phenoxy) is 1. The molecule has 1 unspecified atom stereocenters. The smallest absolute Gasteiger partial charge is 0.339 e. The minimum atomic E-state index is -0.275. The molecule has 7 heteroatoms. The van der Waals surface area contributed by atoms with E-state index in [0.29, 0.717) is 28.9 Å². The van der Waals surface area contributed by atoms with Crippen LogP contribution in [-0.4, -0.2) is 33.7 Å². The van der Waals surface area contributed by atoms with E-state index >= 15 is 0 Å². The van der Waals surface area contributed by atoms with Crippen LogP contribution in [0.15, 0.2) is 65.8 Å². The first kappa shape index (κ1) is 25.0. The van der Waals surface area contributed by atoms with E-state index in [9.17, 15) is 9.59 Å². The van der Waals surface area contributed by atoms with Crippen LogP contribution in [0.4, 0.5) is 0 Å². The molecule has 0 spiro atoms. The third-order valence-electron chi connectivity index (χ3n) is 10.2. The third kappa shape index (κ3) is 4.26. The van der Waals surface area contributed by atoms with Crippen LogP contribution in [0.5, 0.6) is 0 Å². The lowest BCUT2D eigenvalue weighted by Gasteiger charge is -2.57. The molecular formula is C31H36N4O3. The maximum Gasteiger partial charge on any atom is 0.339 e. The Bertz CT molecular complexity index is 1280. The fraction of sp³-hybridized carbons (Fsp3) is 0.516. The molecule has 0 aliphatic heterocycles. The van der Waals surface area contributed by atoms with Crippen molar-refractivity contribution in [2.75, 3.05) is 0 Å². The van der Waals surface area contributed by atoms with E-state index in [1.165, 1.54) is 12.0 Å². The summed E-state index contributed by atoms with van der Waals surface area (Å²) in [6, 6.07) is 7.05. The van der Waals surface area contributed by atoms with E-state index in [2.05, 4.69) is 40.4 Å². The van der Waals surface area contributed by atoms with Gasteiger partial charge in [0.15, 0.2) is 0 Å². The topological polar surface area (TPSA) is 93.5 Å². The van der Waals surface area contributed by atoms with Crippen LogP contribution in [0.2, 0.25) is 0 Å². The molecule has 0 bridgehead atoms. The summed E-state index contributed by atoms with van der Waals surface area (Å²) in [6.45, 7) is 4.82. The number of nitrogens with zero attached hydrogens (tertiary/aromatic N) is 3. The number of hydrogen-bond donors (Lipinski definition) is 1. The summed E-state index contributed by atoms with van der Waals surface area (Å²) in [5, 5.41) is 4.68. The second-order valence-electron chi connectivity index (χ2n) is 12.0. The van der Waals surface area contributed by atoms with Crippen molar-refractivity contribution in [1.82, 2.24) is 15.4 Å². The molecule has 38 heavy (non-hydrogen) atoms. The molecule has 0 radical (unpaired) electrons. The monoisotopic (exact) mass is 512 g/mol. The number of pyridine rings is 2. The first-order valence-electron chi connectivity index (χ1n) is 14.0. The van der Waals surface area contributed by atoms with Crippen LogP contribution >= 0.6 is 0 Å². The van der Waals surface area contributed by atoms with Gasteiger partial charge in [-0.1, -0.05) is 25.5 Å². The number of hydrogen-bond acceptors (Lipinski definition) is 6. The average Bonchev–Trinajstić information content (AvgIpc) is 3.29. The Hall–Kier alpha value is -3.35. The van der Waals surface area contributed by atoms with Crippen molar-refractivity contribution in [3.8, 4) is 0 Å². The van der Waals surface area contributed by atoms with Crippen LogP contribution < -0.4 is 5.43 Å². The molecule has 6 rings (SSSR count). The number of aromatic nitrogens is 2. The third-order valence-corrected chi connectivity index (χ3v) is 10.2. The van der Waals surface area contributed by atoms with Crippen LogP contribution in [0.3, 0.4) is 0 Å². The summed E-state index contributed by atoms with van der Waals surface area (Å²) in [5.41, 5.74) is 6.66. The number of nitrogens with one attached hydrogen (secondary N) is 1. The molecule has 198 valence electrons. The molecule has 4 aliphatic rings. The molecule has 6 atom stereocenters. The van der Waals surface area contributed by atoms with Gasteiger partial charge in [0.1, 0.15) is 6.10 Å². The highest BCUT2D eigenvalue weighted by Crippen LogP contribution is 2.64. The highest BCUT2D eigenvalue weighted by Gasteiger charge is 2.58. The molecule has 2 aromatic rings. The van der Waals surface area contributed by atoms with Crippen molar-refractivity contribution in [2.24, 2.45) is 33.7 Å². The van der Waals surface area contributed by atoms with E-state index in [0.717, 1.165) is 50.7 Å². The lowest BCUT2D eigenvalue weighted by atomic mass is 9.48. The zero-order valence-corrected chi connectivity index (χ0v) is 22.2. The number of allylic oxidation sites excluding steroid dienone is 1. The second kappa shape index (κ2) is 9.75. The van der Waals surface area contributed by atoms with Crippen LogP contribution in [0, 0.1) is 28.6 Å². The predicted octanol–water partition coefficient (Wildman–Crippen LogP) is 5.75. The zero-order chi connectivity index (χ0) is 26.3. The van der Waals surface area contributed by atoms with Crippen molar-refractivity contribution in [3.05, 3.63) is 71.8 Å². The Morgan fingerprint density at radius 3 is 2.42 bits per heavy atom. The number of carbonyl (C=O) groups is 2. The number of carbonyl (C=O) groups excluding carboxylic acids is 2. The highest BCUT2D eigenvalue weighted by molar-refractivity contribution is 5.97. The molecule has 4 aliphatic carbocycles. The fourth-order valence-corrected chi connectivity index (χ4v) is 8.08. The summed E-state index contributed by atoms with van der Waals surface area (Å²) < 4.78 is 5.91. The highest BCUT2D eigenvalue weighted by atomic mass is 16.5. The lowest BCUT2D eigenvalue weighted by molar-refractivity contribution is -0.0285.